The van der Waals surface area contributed by atoms with Crippen LogP contribution in [0.3, 0.4) is 0 Å². The number of aromatic amines is 4. The molecule has 0 aliphatic carbocycles. The lowest BCUT2D eigenvalue weighted by atomic mass is 10.3. The van der Waals surface area contributed by atoms with Crippen molar-refractivity contribution in [3.63, 3.8) is 0 Å². The molecule has 0 bridgehead atoms. The van der Waals surface area contributed by atoms with Crippen molar-refractivity contribution in [1.82, 2.24) is 49.8 Å². The third-order valence-corrected chi connectivity index (χ3v) is 6.22. The molecule has 0 aliphatic rings. The van der Waals surface area contributed by atoms with Crippen molar-refractivity contribution in [2.45, 2.75) is 0 Å². The quantitative estimate of drug-likeness (QED) is 0.239. The average molecular weight is 507 g/mol. The molecule has 0 aromatic carbocycles. The van der Waals surface area contributed by atoms with Gasteiger partial charge in [-0.3, -0.25) is 0 Å². The first kappa shape index (κ1) is 21.6. The summed E-state index contributed by atoms with van der Waals surface area (Å²) in [5, 5.41) is 0. The average Bonchev–Trinajstić information content (AvgIpc) is 3.74. The Morgan fingerprint density at radius 1 is 0.605 bits per heavy atom. The highest BCUT2D eigenvalue weighted by atomic mass is 15.2. The summed E-state index contributed by atoms with van der Waals surface area (Å²) in [5.74, 6) is 1.76. The van der Waals surface area contributed by atoms with Gasteiger partial charge in [-0.15, -0.1) is 13.7 Å². The van der Waals surface area contributed by atoms with Crippen molar-refractivity contribution in [3.8, 4) is 11.8 Å². The van der Waals surface area contributed by atoms with Gasteiger partial charge in [-0.25, -0.2) is 15.0 Å². The van der Waals surface area contributed by atoms with E-state index in [2.05, 4.69) is 59.0 Å². The van der Waals surface area contributed by atoms with E-state index >= 15 is 0 Å². The number of aryl methyl sites for hydroxylation is 2. The van der Waals surface area contributed by atoms with Crippen LogP contribution in [0.25, 0.3) is 56.2 Å². The second kappa shape index (κ2) is 8.48. The molecular weight excluding hydrogens is 484 g/mol. The Labute approximate surface area is 213 Å². The molecule has 8 aromatic rings. The van der Waals surface area contributed by atoms with Gasteiger partial charge in [-0.05, 0) is 0 Å². The largest absolute Gasteiger partial charge is 0.590 e. The summed E-state index contributed by atoms with van der Waals surface area (Å²) in [6.45, 7) is 0. The Balaban J connectivity index is 0.000000127. The van der Waals surface area contributed by atoms with E-state index < -0.39 is 0 Å². The van der Waals surface area contributed by atoms with E-state index in [9.17, 15) is 0 Å². The zero-order valence-corrected chi connectivity index (χ0v) is 20.4. The first-order valence-corrected chi connectivity index (χ1v) is 11.7. The minimum Gasteiger partial charge on any atom is -0.340 e. The predicted octanol–water partition coefficient (Wildman–Crippen LogP) is -0.129. The summed E-state index contributed by atoms with van der Waals surface area (Å²) < 4.78 is 7.84. The molecule has 4 N–H and O–H groups in total. The van der Waals surface area contributed by atoms with Gasteiger partial charge in [0.15, 0.2) is 29.8 Å². The molecule has 38 heavy (non-hydrogen) atoms. The number of H-pyrrole nitrogens is 4. The number of aromatic nitrogens is 14. The van der Waals surface area contributed by atoms with Crippen molar-refractivity contribution in [2.75, 3.05) is 0 Å². The lowest BCUT2D eigenvalue weighted by molar-refractivity contribution is -0.782. The molecule has 14 nitrogen and oxygen atoms in total. The number of nitrogens with one attached hydrogen (secondary N) is 4. The molecule has 0 unspecified atom stereocenters. The number of fused-ring (bicyclic) bond motifs is 4. The van der Waals surface area contributed by atoms with Crippen molar-refractivity contribution >= 4 is 44.4 Å². The monoisotopic (exact) mass is 506 g/mol. The van der Waals surface area contributed by atoms with E-state index in [1.54, 1.807) is 31.6 Å². The Hall–Kier alpha value is -5.66. The van der Waals surface area contributed by atoms with Crippen molar-refractivity contribution in [2.24, 2.45) is 14.1 Å². The van der Waals surface area contributed by atoms with Crippen molar-refractivity contribution in [1.29, 1.82) is 0 Å². The summed E-state index contributed by atoms with van der Waals surface area (Å²) in [6, 6.07) is 4.04. The maximum atomic E-state index is 4.51. The molecule has 0 saturated heterocycles. The molecule has 14 heteroatoms. The minimum absolute atomic E-state index is 0.672. The van der Waals surface area contributed by atoms with Gasteiger partial charge in [-0.2, -0.15) is 14.5 Å². The molecule has 0 radical (unpaired) electrons. The summed E-state index contributed by atoms with van der Waals surface area (Å²) in [7, 11) is 3.94. The second-order valence-corrected chi connectivity index (χ2v) is 8.71. The third-order valence-electron chi connectivity index (χ3n) is 6.22. The highest BCUT2D eigenvalue weighted by Crippen LogP contribution is 2.09. The van der Waals surface area contributed by atoms with Crippen LogP contribution in [-0.2, 0) is 14.1 Å². The van der Waals surface area contributed by atoms with Crippen molar-refractivity contribution < 1.29 is 18.3 Å². The molecule has 0 fully saturated rings. The van der Waals surface area contributed by atoms with Gasteiger partial charge < -0.3 is 19.9 Å². The first-order chi connectivity index (χ1) is 18.6. The van der Waals surface area contributed by atoms with Gasteiger partial charge in [-0.1, -0.05) is 0 Å². The van der Waals surface area contributed by atoms with E-state index in [1.807, 2.05) is 66.3 Å². The Morgan fingerprint density at radius 2 is 1.24 bits per heavy atom. The fraction of sp³-hybridized carbons (Fsp3) is 0.0833. The number of hydrogen-bond donors (Lipinski definition) is 4. The van der Waals surface area contributed by atoms with Gasteiger partial charge in [0, 0.05) is 6.07 Å². The highest BCUT2D eigenvalue weighted by molar-refractivity contribution is 5.74. The second-order valence-electron chi connectivity index (χ2n) is 8.71. The summed E-state index contributed by atoms with van der Waals surface area (Å²) in [5.41, 5.74) is 7.03. The number of nitrogens with zero attached hydrogens (tertiary/aromatic N) is 10. The molecule has 8 rings (SSSR count). The molecule has 0 saturated carbocycles. The molecule has 0 amide bonds. The maximum absolute atomic E-state index is 4.51. The maximum Gasteiger partial charge on any atom is 0.590 e. The van der Waals surface area contributed by atoms with Crippen LogP contribution in [0, 0.1) is 0 Å². The lowest BCUT2D eigenvalue weighted by Gasteiger charge is -1.94. The lowest BCUT2D eigenvalue weighted by Crippen LogP contribution is -2.47. The van der Waals surface area contributed by atoms with E-state index in [-0.39, 0.29) is 0 Å². The Bertz CT molecular complexity index is 1930. The predicted molar refractivity (Wildman–Crippen MR) is 132 cm³/mol. The number of pyridine rings is 2. The zero-order chi connectivity index (χ0) is 25.6. The van der Waals surface area contributed by atoms with E-state index in [0.29, 0.717) is 11.3 Å². The van der Waals surface area contributed by atoms with Crippen LogP contribution in [0.2, 0.25) is 0 Å². The number of imidazole rings is 4. The van der Waals surface area contributed by atoms with Crippen molar-refractivity contribution in [3.05, 3.63) is 74.8 Å². The van der Waals surface area contributed by atoms with Gasteiger partial charge in [0.05, 0.1) is 30.3 Å². The van der Waals surface area contributed by atoms with Crippen LogP contribution in [0.1, 0.15) is 0 Å². The van der Waals surface area contributed by atoms with Crippen LogP contribution in [0.15, 0.2) is 74.8 Å². The van der Waals surface area contributed by atoms with Crippen LogP contribution in [0.4, 0.5) is 0 Å². The van der Waals surface area contributed by atoms with Gasteiger partial charge in [0.2, 0.25) is 18.7 Å². The fourth-order valence-electron chi connectivity index (χ4n) is 4.34. The molecule has 8 aromatic heterocycles. The minimum atomic E-state index is 0.672. The Morgan fingerprint density at radius 3 is 2.08 bits per heavy atom. The number of hydrogen-bond acceptors (Lipinski definition) is 6. The summed E-state index contributed by atoms with van der Waals surface area (Å²) in [6.07, 6.45) is 18.2. The van der Waals surface area contributed by atoms with Crippen LogP contribution in [-0.4, -0.2) is 49.8 Å². The molecule has 0 atom stereocenters. The van der Waals surface area contributed by atoms with E-state index in [0.717, 1.165) is 44.9 Å². The SMILES string of the molecule is C[n+]1cc2[nH]cnc2cc1-[n+]1ccc2nc[nH]c2c1.C[n+]1cc2[nH]cnc2nc1-[n+]1cnc2nc[nH]c2c1. The van der Waals surface area contributed by atoms with E-state index in [1.165, 1.54) is 0 Å². The molecule has 0 spiro atoms. The van der Waals surface area contributed by atoms with Gasteiger partial charge >= 0.3 is 17.4 Å². The molecule has 8 heterocycles. The molecule has 0 aliphatic heterocycles. The third kappa shape index (κ3) is 3.67. The van der Waals surface area contributed by atoms with Crippen LogP contribution >= 0.6 is 0 Å². The fourth-order valence-corrected chi connectivity index (χ4v) is 4.34. The Kier molecular flexibility index (Phi) is 4.82. The summed E-state index contributed by atoms with van der Waals surface area (Å²) >= 11 is 0. The number of rotatable bonds is 2. The van der Waals surface area contributed by atoms with E-state index in [4.69, 9.17) is 0 Å². The highest BCUT2D eigenvalue weighted by Gasteiger charge is 2.26. The standard InChI is InChI=1S/C13H10N6.C11H8N8/c1-18-5-11-10(15-8-16-11)4-13(18)19-3-2-9-12(6-19)17-7-14-9;1-18-2-7-10(15-5-12-7)17-11(18)19-3-8-9(16-6-19)14-4-13-8/h2-8H,1H3;2-6H,1H3/p+4. The van der Waals surface area contributed by atoms with Crippen LogP contribution < -0.4 is 18.3 Å². The molecular formula is C24H22N14+4. The first-order valence-electron chi connectivity index (χ1n) is 11.7. The summed E-state index contributed by atoms with van der Waals surface area (Å²) in [4.78, 5) is 37.8. The van der Waals surface area contributed by atoms with Gasteiger partial charge in [0.1, 0.15) is 47.7 Å². The smallest absolute Gasteiger partial charge is 0.340 e. The topological polar surface area (TPSA) is 156 Å². The van der Waals surface area contributed by atoms with Gasteiger partial charge in [0.25, 0.3) is 0 Å². The zero-order valence-electron chi connectivity index (χ0n) is 20.4. The molecule has 184 valence electrons. The van der Waals surface area contributed by atoms with Crippen LogP contribution in [0.5, 0.6) is 0 Å². The normalized spacial score (nSPS) is 11.4.